The van der Waals surface area contributed by atoms with Gasteiger partial charge >= 0.3 is 5.97 Å². The van der Waals surface area contributed by atoms with E-state index in [0.29, 0.717) is 0 Å². The number of hydrogen-bond donors (Lipinski definition) is 2. The van der Waals surface area contributed by atoms with E-state index in [1.165, 1.54) is 0 Å². The van der Waals surface area contributed by atoms with Gasteiger partial charge in [-0.15, -0.1) is 0 Å². The van der Waals surface area contributed by atoms with Gasteiger partial charge in [-0.3, -0.25) is 4.79 Å². The van der Waals surface area contributed by atoms with E-state index in [9.17, 15) is 9.90 Å². The van der Waals surface area contributed by atoms with Crippen molar-refractivity contribution in [3.05, 3.63) is 0 Å². The smallest absolute Gasteiger partial charge is 0.308 e. The second-order valence-corrected chi connectivity index (χ2v) is 4.09. The Morgan fingerprint density at radius 3 is 2.29 bits per heavy atom. The minimum atomic E-state index is -0.917. The molecule has 0 aromatic carbocycles. The van der Waals surface area contributed by atoms with Gasteiger partial charge in [-0.2, -0.15) is 0 Å². The van der Waals surface area contributed by atoms with Crippen LogP contribution in [0.3, 0.4) is 0 Å². The maximum absolute atomic E-state index is 10.6. The topological polar surface area (TPSA) is 57.5 Å². The van der Waals surface area contributed by atoms with Crippen molar-refractivity contribution in [2.75, 3.05) is 0 Å². The first kappa shape index (κ1) is 13.4. The Morgan fingerprint density at radius 2 is 1.86 bits per heavy atom. The Morgan fingerprint density at radius 1 is 1.29 bits per heavy atom. The van der Waals surface area contributed by atoms with E-state index in [1.807, 2.05) is 6.92 Å². The SMILES string of the molecule is CCCCCC(C)[C@@H](O)[C@@H](C)C(=O)O. The molecule has 0 aromatic rings. The maximum atomic E-state index is 10.6. The molecular formula is C11H22O3. The molecule has 0 amide bonds. The number of aliphatic hydroxyl groups excluding tert-OH is 1. The fraction of sp³-hybridized carbons (Fsp3) is 0.909. The molecule has 0 rings (SSSR count). The van der Waals surface area contributed by atoms with E-state index >= 15 is 0 Å². The van der Waals surface area contributed by atoms with E-state index in [1.54, 1.807) is 6.92 Å². The quantitative estimate of drug-likeness (QED) is 0.623. The molecule has 0 aromatic heterocycles. The first-order valence-electron chi connectivity index (χ1n) is 5.41. The van der Waals surface area contributed by atoms with E-state index in [-0.39, 0.29) is 5.92 Å². The molecule has 0 aliphatic rings. The maximum Gasteiger partial charge on any atom is 0.308 e. The lowest BCUT2D eigenvalue weighted by Crippen LogP contribution is -2.31. The minimum Gasteiger partial charge on any atom is -0.481 e. The highest BCUT2D eigenvalue weighted by Crippen LogP contribution is 2.19. The summed E-state index contributed by atoms with van der Waals surface area (Å²) in [5.74, 6) is -1.50. The van der Waals surface area contributed by atoms with Gasteiger partial charge in [0.2, 0.25) is 0 Å². The molecule has 0 bridgehead atoms. The van der Waals surface area contributed by atoms with Crippen LogP contribution in [0.25, 0.3) is 0 Å². The van der Waals surface area contributed by atoms with Crippen molar-refractivity contribution >= 4 is 5.97 Å². The van der Waals surface area contributed by atoms with Crippen molar-refractivity contribution in [2.24, 2.45) is 11.8 Å². The molecule has 0 heterocycles. The molecule has 14 heavy (non-hydrogen) atoms. The van der Waals surface area contributed by atoms with Gasteiger partial charge in [0.15, 0.2) is 0 Å². The van der Waals surface area contributed by atoms with Crippen LogP contribution in [-0.4, -0.2) is 22.3 Å². The van der Waals surface area contributed by atoms with Crippen LogP contribution in [0.15, 0.2) is 0 Å². The van der Waals surface area contributed by atoms with Crippen LogP contribution in [0.1, 0.15) is 46.5 Å². The van der Waals surface area contributed by atoms with Crippen molar-refractivity contribution in [3.8, 4) is 0 Å². The Labute approximate surface area is 86.1 Å². The molecule has 0 aliphatic carbocycles. The molecule has 0 spiro atoms. The van der Waals surface area contributed by atoms with E-state index in [4.69, 9.17) is 5.11 Å². The van der Waals surface area contributed by atoms with Gasteiger partial charge in [-0.05, 0) is 19.3 Å². The summed E-state index contributed by atoms with van der Waals surface area (Å²) in [6.07, 6.45) is 3.56. The van der Waals surface area contributed by atoms with E-state index in [0.717, 1.165) is 25.7 Å². The molecule has 3 atom stereocenters. The molecule has 84 valence electrons. The zero-order valence-corrected chi connectivity index (χ0v) is 9.36. The van der Waals surface area contributed by atoms with Crippen molar-refractivity contribution in [2.45, 2.75) is 52.6 Å². The number of hydrogen-bond acceptors (Lipinski definition) is 2. The number of aliphatic hydroxyl groups is 1. The molecule has 3 heteroatoms. The second kappa shape index (κ2) is 6.82. The average Bonchev–Trinajstić information content (AvgIpc) is 2.15. The normalized spacial score (nSPS) is 17.4. The number of carbonyl (C=O) groups is 1. The zero-order valence-electron chi connectivity index (χ0n) is 9.36. The van der Waals surface area contributed by atoms with Crippen LogP contribution in [-0.2, 0) is 4.79 Å². The number of unbranched alkanes of at least 4 members (excludes halogenated alkanes) is 2. The van der Waals surface area contributed by atoms with Gasteiger partial charge in [0.1, 0.15) is 0 Å². The highest BCUT2D eigenvalue weighted by molar-refractivity contribution is 5.70. The fourth-order valence-corrected chi connectivity index (χ4v) is 1.53. The van der Waals surface area contributed by atoms with Crippen LogP contribution < -0.4 is 0 Å². The largest absolute Gasteiger partial charge is 0.481 e. The van der Waals surface area contributed by atoms with Crippen LogP contribution >= 0.6 is 0 Å². The van der Waals surface area contributed by atoms with Gasteiger partial charge in [0.05, 0.1) is 12.0 Å². The lowest BCUT2D eigenvalue weighted by Gasteiger charge is -2.21. The summed E-state index contributed by atoms with van der Waals surface area (Å²) in [6.45, 7) is 5.60. The Bertz CT molecular complexity index is 168. The fourth-order valence-electron chi connectivity index (χ4n) is 1.53. The van der Waals surface area contributed by atoms with Gasteiger partial charge in [0.25, 0.3) is 0 Å². The van der Waals surface area contributed by atoms with Gasteiger partial charge in [-0.1, -0.05) is 33.1 Å². The summed E-state index contributed by atoms with van der Waals surface area (Å²) in [4.78, 5) is 10.6. The molecule has 0 saturated carbocycles. The highest BCUT2D eigenvalue weighted by atomic mass is 16.4. The minimum absolute atomic E-state index is 0.0765. The first-order valence-corrected chi connectivity index (χ1v) is 5.41. The number of carboxylic acids is 1. The molecule has 3 nitrogen and oxygen atoms in total. The van der Waals surface area contributed by atoms with Crippen LogP contribution in [0.2, 0.25) is 0 Å². The lowest BCUT2D eigenvalue weighted by atomic mass is 9.89. The van der Waals surface area contributed by atoms with Gasteiger partial charge in [-0.25, -0.2) is 0 Å². The van der Waals surface area contributed by atoms with Gasteiger partial charge in [0, 0.05) is 0 Å². The molecule has 0 saturated heterocycles. The van der Waals surface area contributed by atoms with Crippen LogP contribution in [0.5, 0.6) is 0 Å². The average molecular weight is 202 g/mol. The highest BCUT2D eigenvalue weighted by Gasteiger charge is 2.25. The predicted octanol–water partition coefficient (Wildman–Crippen LogP) is 2.28. The van der Waals surface area contributed by atoms with E-state index < -0.39 is 18.0 Å². The monoisotopic (exact) mass is 202 g/mol. The van der Waals surface area contributed by atoms with Crippen molar-refractivity contribution < 1.29 is 15.0 Å². The van der Waals surface area contributed by atoms with Crippen molar-refractivity contribution in [1.29, 1.82) is 0 Å². The predicted molar refractivity (Wildman–Crippen MR) is 56.1 cm³/mol. The summed E-state index contributed by atoms with van der Waals surface area (Å²) in [5.41, 5.74) is 0. The zero-order chi connectivity index (χ0) is 11.1. The van der Waals surface area contributed by atoms with Crippen molar-refractivity contribution in [1.82, 2.24) is 0 Å². The summed E-state index contributed by atoms with van der Waals surface area (Å²) in [6, 6.07) is 0. The summed E-state index contributed by atoms with van der Waals surface area (Å²) < 4.78 is 0. The molecule has 2 N–H and O–H groups in total. The third-order valence-electron chi connectivity index (χ3n) is 2.75. The third kappa shape index (κ3) is 4.61. The van der Waals surface area contributed by atoms with Gasteiger partial charge < -0.3 is 10.2 Å². The Kier molecular flexibility index (Phi) is 6.54. The third-order valence-corrected chi connectivity index (χ3v) is 2.75. The first-order chi connectivity index (χ1) is 6.50. The van der Waals surface area contributed by atoms with Crippen LogP contribution in [0, 0.1) is 11.8 Å². The van der Waals surface area contributed by atoms with E-state index in [2.05, 4.69) is 6.92 Å². The molecule has 0 radical (unpaired) electrons. The number of rotatable bonds is 7. The van der Waals surface area contributed by atoms with Crippen molar-refractivity contribution in [3.63, 3.8) is 0 Å². The summed E-state index contributed by atoms with van der Waals surface area (Å²) >= 11 is 0. The number of aliphatic carboxylic acids is 1. The Hall–Kier alpha value is -0.570. The second-order valence-electron chi connectivity index (χ2n) is 4.09. The molecule has 0 fully saturated rings. The number of carboxylic acid groups (broad SMARTS) is 1. The van der Waals surface area contributed by atoms with Crippen LogP contribution in [0.4, 0.5) is 0 Å². The standard InChI is InChI=1S/C11H22O3/c1-4-5-6-7-8(2)10(12)9(3)11(13)14/h8-10,12H,4-7H2,1-3H3,(H,13,14)/t8?,9-,10-/m1/s1. The lowest BCUT2D eigenvalue weighted by molar-refractivity contribution is -0.146. The Balaban J connectivity index is 3.85. The molecule has 1 unspecified atom stereocenters. The summed E-state index contributed by atoms with van der Waals surface area (Å²) in [5, 5.41) is 18.4. The molecule has 0 aliphatic heterocycles. The summed E-state index contributed by atoms with van der Waals surface area (Å²) in [7, 11) is 0. The molecular weight excluding hydrogens is 180 g/mol.